The third-order valence-electron chi connectivity index (χ3n) is 4.77. The first-order valence-electron chi connectivity index (χ1n) is 8.70. The zero-order valence-electron chi connectivity index (χ0n) is 13.8. The van der Waals surface area contributed by atoms with Gasteiger partial charge in [0, 0.05) is 38.3 Å². The van der Waals surface area contributed by atoms with Gasteiger partial charge in [-0.2, -0.15) is 0 Å². The summed E-state index contributed by atoms with van der Waals surface area (Å²) in [7, 11) is 0. The molecule has 2 aliphatic rings. The summed E-state index contributed by atoms with van der Waals surface area (Å²) >= 11 is 0. The molecule has 0 spiro atoms. The molecule has 4 nitrogen and oxygen atoms in total. The molecule has 2 amide bonds. The molecular weight excluding hydrogens is 286 g/mol. The van der Waals surface area contributed by atoms with Crippen molar-refractivity contribution in [2.75, 3.05) is 19.6 Å². The van der Waals surface area contributed by atoms with Crippen molar-refractivity contribution in [1.29, 1.82) is 0 Å². The van der Waals surface area contributed by atoms with Gasteiger partial charge >= 0.3 is 6.03 Å². The lowest BCUT2D eigenvalue weighted by Crippen LogP contribution is -2.49. The molecule has 0 aromatic heterocycles. The minimum Gasteiger partial charge on any atom is -0.335 e. The Hall–Kier alpha value is -1.81. The van der Waals surface area contributed by atoms with Gasteiger partial charge in [-0.3, -0.25) is 0 Å². The highest BCUT2D eigenvalue weighted by Gasteiger charge is 2.32. The molecule has 124 valence electrons. The van der Waals surface area contributed by atoms with Crippen LogP contribution in [0.5, 0.6) is 0 Å². The van der Waals surface area contributed by atoms with Crippen molar-refractivity contribution in [3.63, 3.8) is 0 Å². The van der Waals surface area contributed by atoms with Gasteiger partial charge in [-0.1, -0.05) is 36.4 Å². The molecule has 1 N–H and O–H groups in total. The van der Waals surface area contributed by atoms with E-state index in [1.54, 1.807) is 6.08 Å². The SMILES string of the molecule is C=CCN(Cc1ccccc1)C(=O)NC1CCN(C2CC2)CC1. The summed E-state index contributed by atoms with van der Waals surface area (Å²) in [5.41, 5.74) is 1.15. The van der Waals surface area contributed by atoms with Crippen molar-refractivity contribution in [3.8, 4) is 0 Å². The number of carbonyl (C=O) groups excluding carboxylic acids is 1. The van der Waals surface area contributed by atoms with Crippen LogP contribution < -0.4 is 5.32 Å². The van der Waals surface area contributed by atoms with Gasteiger partial charge in [-0.15, -0.1) is 6.58 Å². The highest BCUT2D eigenvalue weighted by molar-refractivity contribution is 5.74. The number of carbonyl (C=O) groups is 1. The Kier molecular flexibility index (Phi) is 5.34. The van der Waals surface area contributed by atoms with Crippen LogP contribution in [-0.2, 0) is 6.54 Å². The molecule has 3 rings (SSSR count). The molecule has 1 heterocycles. The number of amides is 2. The number of benzene rings is 1. The zero-order chi connectivity index (χ0) is 16.1. The predicted molar refractivity (Wildman–Crippen MR) is 93.2 cm³/mol. The molecule has 0 radical (unpaired) electrons. The average Bonchev–Trinajstić information content (AvgIpc) is 3.41. The molecule has 0 atom stereocenters. The summed E-state index contributed by atoms with van der Waals surface area (Å²) in [6.45, 7) is 7.22. The van der Waals surface area contributed by atoms with Crippen LogP contribution in [0.2, 0.25) is 0 Å². The van der Waals surface area contributed by atoms with Crippen molar-refractivity contribution < 1.29 is 4.79 Å². The summed E-state index contributed by atoms with van der Waals surface area (Å²) < 4.78 is 0. The molecular formula is C19H27N3O. The Balaban J connectivity index is 1.50. The van der Waals surface area contributed by atoms with Crippen LogP contribution in [-0.4, -0.2) is 47.5 Å². The van der Waals surface area contributed by atoms with E-state index in [0.29, 0.717) is 19.1 Å². The highest BCUT2D eigenvalue weighted by Crippen LogP contribution is 2.29. The number of hydrogen-bond donors (Lipinski definition) is 1. The number of nitrogens with zero attached hydrogens (tertiary/aromatic N) is 2. The normalized spacial score (nSPS) is 19.3. The largest absolute Gasteiger partial charge is 0.335 e. The van der Waals surface area contributed by atoms with Crippen molar-refractivity contribution in [1.82, 2.24) is 15.1 Å². The van der Waals surface area contributed by atoms with Gasteiger partial charge in [0.2, 0.25) is 0 Å². The molecule has 23 heavy (non-hydrogen) atoms. The second-order valence-corrected chi connectivity index (χ2v) is 6.65. The van der Waals surface area contributed by atoms with E-state index in [4.69, 9.17) is 0 Å². The third-order valence-corrected chi connectivity index (χ3v) is 4.77. The number of urea groups is 1. The van der Waals surface area contributed by atoms with E-state index in [9.17, 15) is 4.79 Å². The van der Waals surface area contributed by atoms with Gasteiger partial charge in [0.1, 0.15) is 0 Å². The van der Waals surface area contributed by atoms with Crippen molar-refractivity contribution in [2.24, 2.45) is 0 Å². The fourth-order valence-corrected chi connectivity index (χ4v) is 3.29. The number of nitrogens with one attached hydrogen (secondary N) is 1. The number of rotatable bonds is 6. The second kappa shape index (κ2) is 7.64. The molecule has 1 saturated carbocycles. The van der Waals surface area contributed by atoms with Crippen LogP contribution in [0.25, 0.3) is 0 Å². The number of likely N-dealkylation sites (tertiary alicyclic amines) is 1. The lowest BCUT2D eigenvalue weighted by Gasteiger charge is -2.33. The molecule has 4 heteroatoms. The van der Waals surface area contributed by atoms with Gasteiger partial charge in [0.25, 0.3) is 0 Å². The molecule has 1 aromatic carbocycles. The summed E-state index contributed by atoms with van der Waals surface area (Å²) in [6.07, 6.45) is 6.64. The van der Waals surface area contributed by atoms with Gasteiger partial charge in [0.05, 0.1) is 0 Å². The topological polar surface area (TPSA) is 35.6 Å². The summed E-state index contributed by atoms with van der Waals surface area (Å²) in [4.78, 5) is 17.0. The van der Waals surface area contributed by atoms with Crippen LogP contribution >= 0.6 is 0 Å². The maximum absolute atomic E-state index is 12.6. The van der Waals surface area contributed by atoms with Crippen LogP contribution in [0.15, 0.2) is 43.0 Å². The Morgan fingerprint density at radius 3 is 2.52 bits per heavy atom. The van der Waals surface area contributed by atoms with E-state index in [-0.39, 0.29) is 6.03 Å². The fraction of sp³-hybridized carbons (Fsp3) is 0.526. The van der Waals surface area contributed by atoms with Gasteiger partial charge in [0.15, 0.2) is 0 Å². The smallest absolute Gasteiger partial charge is 0.318 e. The molecule has 1 aromatic rings. The predicted octanol–water partition coefficient (Wildman–Crippen LogP) is 3.01. The first-order valence-corrected chi connectivity index (χ1v) is 8.70. The lowest BCUT2D eigenvalue weighted by atomic mass is 10.1. The molecule has 0 unspecified atom stereocenters. The Morgan fingerprint density at radius 2 is 1.91 bits per heavy atom. The van der Waals surface area contributed by atoms with E-state index < -0.39 is 0 Å². The maximum atomic E-state index is 12.6. The fourth-order valence-electron chi connectivity index (χ4n) is 3.29. The summed E-state index contributed by atoms with van der Waals surface area (Å²) in [6, 6.07) is 11.3. The van der Waals surface area contributed by atoms with Gasteiger partial charge in [-0.05, 0) is 31.2 Å². The summed E-state index contributed by atoms with van der Waals surface area (Å²) in [5, 5.41) is 3.22. The molecule has 1 saturated heterocycles. The quantitative estimate of drug-likeness (QED) is 0.820. The molecule has 1 aliphatic heterocycles. The van der Waals surface area contributed by atoms with E-state index >= 15 is 0 Å². The van der Waals surface area contributed by atoms with Crippen molar-refractivity contribution in [2.45, 2.75) is 44.3 Å². The van der Waals surface area contributed by atoms with E-state index in [1.165, 1.54) is 12.8 Å². The minimum atomic E-state index is 0.0265. The molecule has 1 aliphatic carbocycles. The third kappa shape index (κ3) is 4.58. The first-order chi connectivity index (χ1) is 11.3. The average molecular weight is 313 g/mol. The highest BCUT2D eigenvalue weighted by atomic mass is 16.2. The van der Waals surface area contributed by atoms with Crippen LogP contribution in [0.1, 0.15) is 31.2 Å². The molecule has 0 bridgehead atoms. The van der Waals surface area contributed by atoms with Gasteiger partial charge < -0.3 is 15.1 Å². The van der Waals surface area contributed by atoms with E-state index in [1.807, 2.05) is 23.1 Å². The Morgan fingerprint density at radius 1 is 1.22 bits per heavy atom. The van der Waals surface area contributed by atoms with Crippen LogP contribution in [0.4, 0.5) is 4.79 Å². The van der Waals surface area contributed by atoms with Crippen molar-refractivity contribution in [3.05, 3.63) is 48.6 Å². The lowest BCUT2D eigenvalue weighted by molar-refractivity contribution is 0.170. The van der Waals surface area contributed by atoms with Crippen LogP contribution in [0, 0.1) is 0 Å². The summed E-state index contributed by atoms with van der Waals surface area (Å²) in [5.74, 6) is 0. The Labute approximate surface area is 139 Å². The number of hydrogen-bond acceptors (Lipinski definition) is 2. The number of piperidine rings is 1. The second-order valence-electron chi connectivity index (χ2n) is 6.65. The Bertz CT molecular complexity index is 519. The maximum Gasteiger partial charge on any atom is 0.318 e. The molecule has 2 fully saturated rings. The van der Waals surface area contributed by atoms with E-state index in [0.717, 1.165) is 37.5 Å². The zero-order valence-corrected chi connectivity index (χ0v) is 13.8. The van der Waals surface area contributed by atoms with Crippen LogP contribution in [0.3, 0.4) is 0 Å². The standard InChI is InChI=1S/C19H27N3O/c1-2-12-22(15-16-6-4-3-5-7-16)19(23)20-17-10-13-21(14-11-17)18-8-9-18/h2-7,17-18H,1,8-15H2,(H,20,23). The minimum absolute atomic E-state index is 0.0265. The monoisotopic (exact) mass is 313 g/mol. The van der Waals surface area contributed by atoms with Crippen molar-refractivity contribution >= 4 is 6.03 Å². The first kappa shape index (κ1) is 16.1. The van der Waals surface area contributed by atoms with Gasteiger partial charge in [-0.25, -0.2) is 4.79 Å². The van der Waals surface area contributed by atoms with E-state index in [2.05, 4.69) is 28.9 Å².